The number of hydrogen-bond donors (Lipinski definition) is 0. The van der Waals surface area contributed by atoms with E-state index in [4.69, 9.17) is 11.6 Å². The lowest BCUT2D eigenvalue weighted by atomic mass is 10.1. The highest BCUT2D eigenvalue weighted by Gasteiger charge is 2.05. The average molecular weight is 310 g/mol. The number of nitrogens with zero attached hydrogens (tertiary/aromatic N) is 1. The lowest BCUT2D eigenvalue weighted by Gasteiger charge is -2.14. The minimum Gasteiger partial charge on any atom is -0.343 e. The van der Waals surface area contributed by atoms with Crippen LogP contribution in [-0.2, 0) is 6.54 Å². The second kappa shape index (κ2) is 6.20. The number of pyridine rings is 1. The van der Waals surface area contributed by atoms with Gasteiger partial charge in [0.05, 0.1) is 5.69 Å². The molecule has 0 aliphatic rings. The largest absolute Gasteiger partial charge is 0.343 e. The summed E-state index contributed by atoms with van der Waals surface area (Å²) < 4.78 is 2.08. The van der Waals surface area contributed by atoms with Crippen LogP contribution in [0.5, 0.6) is 0 Å². The van der Waals surface area contributed by atoms with E-state index in [1.54, 1.807) is 12.1 Å². The number of halogens is 1. The maximum atomic E-state index is 11.7. The van der Waals surface area contributed by atoms with Crippen molar-refractivity contribution < 1.29 is 0 Å². The van der Waals surface area contributed by atoms with Crippen LogP contribution >= 0.6 is 11.6 Å². The van der Waals surface area contributed by atoms with Gasteiger partial charge >= 0.3 is 0 Å². The number of aryl methyl sites for hydroxylation is 1. The molecule has 2 aromatic carbocycles. The molecule has 0 saturated carbocycles. The van der Waals surface area contributed by atoms with Gasteiger partial charge in [0.1, 0.15) is 0 Å². The van der Waals surface area contributed by atoms with E-state index in [9.17, 15) is 4.79 Å². The normalized spacial score (nSPS) is 10.6. The summed E-state index contributed by atoms with van der Waals surface area (Å²) in [7, 11) is 0. The SMILES string of the molecule is Cc1ccc(Cn2ccc(=O)cc2-c2ccc(Cl)cc2)cc1. The van der Waals surface area contributed by atoms with Gasteiger partial charge in [-0.25, -0.2) is 0 Å². The first-order valence-electron chi connectivity index (χ1n) is 7.14. The predicted octanol–water partition coefficient (Wildman–Crippen LogP) is 4.53. The Bertz CT molecular complexity index is 833. The van der Waals surface area contributed by atoms with E-state index < -0.39 is 0 Å². The van der Waals surface area contributed by atoms with Crippen LogP contribution < -0.4 is 5.43 Å². The Hall–Kier alpha value is -2.32. The maximum absolute atomic E-state index is 11.7. The highest BCUT2D eigenvalue weighted by atomic mass is 35.5. The Morgan fingerprint density at radius 2 is 1.64 bits per heavy atom. The summed E-state index contributed by atoms with van der Waals surface area (Å²) in [6.07, 6.45) is 1.84. The molecule has 0 aliphatic carbocycles. The van der Waals surface area contributed by atoms with Crippen LogP contribution in [0.4, 0.5) is 0 Å². The monoisotopic (exact) mass is 309 g/mol. The van der Waals surface area contributed by atoms with E-state index in [1.165, 1.54) is 11.1 Å². The van der Waals surface area contributed by atoms with Crippen LogP contribution in [0.3, 0.4) is 0 Å². The molecular weight excluding hydrogens is 294 g/mol. The molecule has 110 valence electrons. The second-order valence-electron chi connectivity index (χ2n) is 5.37. The molecule has 3 aromatic rings. The summed E-state index contributed by atoms with van der Waals surface area (Å²) in [5.41, 5.74) is 4.31. The van der Waals surface area contributed by atoms with Gasteiger partial charge in [0.15, 0.2) is 5.43 Å². The van der Waals surface area contributed by atoms with E-state index in [-0.39, 0.29) is 5.43 Å². The molecular formula is C19H16ClNO. The highest BCUT2D eigenvalue weighted by Crippen LogP contribution is 2.21. The van der Waals surface area contributed by atoms with Gasteiger partial charge in [-0.15, -0.1) is 0 Å². The van der Waals surface area contributed by atoms with Gasteiger partial charge in [0.2, 0.25) is 0 Å². The van der Waals surface area contributed by atoms with Crippen molar-refractivity contribution in [3.8, 4) is 11.3 Å². The molecule has 0 atom stereocenters. The zero-order valence-corrected chi connectivity index (χ0v) is 13.0. The van der Waals surface area contributed by atoms with Gasteiger partial charge in [-0.3, -0.25) is 4.79 Å². The number of hydrogen-bond acceptors (Lipinski definition) is 1. The van der Waals surface area contributed by atoms with E-state index in [2.05, 4.69) is 35.8 Å². The summed E-state index contributed by atoms with van der Waals surface area (Å²) in [5.74, 6) is 0. The molecule has 0 bridgehead atoms. The number of rotatable bonds is 3. The first-order valence-corrected chi connectivity index (χ1v) is 7.51. The highest BCUT2D eigenvalue weighted by molar-refractivity contribution is 6.30. The molecule has 3 heteroatoms. The van der Waals surface area contributed by atoms with E-state index in [0.29, 0.717) is 5.02 Å². The zero-order chi connectivity index (χ0) is 15.5. The van der Waals surface area contributed by atoms with Gasteiger partial charge in [-0.2, -0.15) is 0 Å². The zero-order valence-electron chi connectivity index (χ0n) is 12.3. The average Bonchev–Trinajstić information content (AvgIpc) is 2.52. The Kier molecular flexibility index (Phi) is 4.12. The van der Waals surface area contributed by atoms with E-state index in [1.807, 2.05) is 30.5 Å². The third kappa shape index (κ3) is 3.29. The Morgan fingerprint density at radius 1 is 0.955 bits per heavy atom. The molecule has 3 rings (SSSR count). The molecule has 0 saturated heterocycles. The van der Waals surface area contributed by atoms with Crippen molar-refractivity contribution in [2.75, 3.05) is 0 Å². The minimum atomic E-state index is 0.00473. The van der Waals surface area contributed by atoms with Gasteiger partial charge in [-0.1, -0.05) is 53.6 Å². The summed E-state index contributed by atoms with van der Waals surface area (Å²) in [5, 5.41) is 0.687. The molecule has 0 aliphatic heterocycles. The number of aromatic nitrogens is 1. The van der Waals surface area contributed by atoms with Crippen molar-refractivity contribution in [2.45, 2.75) is 13.5 Å². The van der Waals surface area contributed by atoms with Crippen molar-refractivity contribution in [1.29, 1.82) is 0 Å². The quantitative estimate of drug-likeness (QED) is 0.697. The van der Waals surface area contributed by atoms with Crippen LogP contribution in [0.1, 0.15) is 11.1 Å². The predicted molar refractivity (Wildman–Crippen MR) is 91.4 cm³/mol. The number of benzene rings is 2. The van der Waals surface area contributed by atoms with Crippen molar-refractivity contribution in [1.82, 2.24) is 4.57 Å². The van der Waals surface area contributed by atoms with Crippen molar-refractivity contribution in [3.63, 3.8) is 0 Å². The maximum Gasteiger partial charge on any atom is 0.182 e. The summed E-state index contributed by atoms with van der Waals surface area (Å²) in [6, 6.07) is 19.2. The first-order chi connectivity index (χ1) is 10.6. The Balaban J connectivity index is 2.02. The van der Waals surface area contributed by atoms with Crippen LogP contribution in [0, 0.1) is 6.92 Å². The molecule has 0 fully saturated rings. The molecule has 22 heavy (non-hydrogen) atoms. The van der Waals surface area contributed by atoms with Gasteiger partial charge in [0, 0.05) is 29.9 Å². The van der Waals surface area contributed by atoms with Gasteiger partial charge in [0.25, 0.3) is 0 Å². The second-order valence-corrected chi connectivity index (χ2v) is 5.80. The lowest BCUT2D eigenvalue weighted by molar-refractivity contribution is 0.797. The topological polar surface area (TPSA) is 22.0 Å². The molecule has 0 spiro atoms. The van der Waals surface area contributed by atoms with E-state index in [0.717, 1.165) is 17.8 Å². The summed E-state index contributed by atoms with van der Waals surface area (Å²) in [6.45, 7) is 2.79. The minimum absolute atomic E-state index is 0.00473. The fraction of sp³-hybridized carbons (Fsp3) is 0.105. The van der Waals surface area contributed by atoms with Crippen LogP contribution in [0.15, 0.2) is 71.7 Å². The Labute approximate surface area is 134 Å². The standard InChI is InChI=1S/C19H16ClNO/c1-14-2-4-15(5-3-14)13-21-11-10-18(22)12-19(21)16-6-8-17(20)9-7-16/h2-12H,13H2,1H3. The van der Waals surface area contributed by atoms with Crippen LogP contribution in [0.2, 0.25) is 5.02 Å². The Morgan fingerprint density at radius 3 is 2.32 bits per heavy atom. The van der Waals surface area contributed by atoms with Gasteiger partial charge in [-0.05, 0) is 30.2 Å². The fourth-order valence-corrected chi connectivity index (χ4v) is 2.53. The molecule has 0 radical (unpaired) electrons. The third-order valence-electron chi connectivity index (χ3n) is 3.62. The summed E-state index contributed by atoms with van der Waals surface area (Å²) in [4.78, 5) is 11.7. The fourth-order valence-electron chi connectivity index (χ4n) is 2.41. The molecule has 0 amide bonds. The molecule has 1 heterocycles. The molecule has 2 nitrogen and oxygen atoms in total. The molecule has 0 unspecified atom stereocenters. The van der Waals surface area contributed by atoms with Crippen molar-refractivity contribution in [2.24, 2.45) is 0 Å². The van der Waals surface area contributed by atoms with Crippen LogP contribution in [0.25, 0.3) is 11.3 Å². The molecule has 1 aromatic heterocycles. The molecule has 0 N–H and O–H groups in total. The lowest BCUT2D eigenvalue weighted by Crippen LogP contribution is -2.09. The third-order valence-corrected chi connectivity index (χ3v) is 3.87. The first kappa shape index (κ1) is 14.6. The smallest absolute Gasteiger partial charge is 0.182 e. The van der Waals surface area contributed by atoms with Crippen LogP contribution in [-0.4, -0.2) is 4.57 Å². The van der Waals surface area contributed by atoms with E-state index >= 15 is 0 Å². The summed E-state index contributed by atoms with van der Waals surface area (Å²) >= 11 is 5.95. The van der Waals surface area contributed by atoms with Crippen molar-refractivity contribution in [3.05, 3.63) is 93.2 Å². The van der Waals surface area contributed by atoms with Gasteiger partial charge < -0.3 is 4.57 Å². The van der Waals surface area contributed by atoms with Crippen molar-refractivity contribution >= 4 is 11.6 Å².